The smallest absolute Gasteiger partial charge is 0.103 e. The van der Waals surface area contributed by atoms with Gasteiger partial charge < -0.3 is 0 Å². The molecule has 0 aromatic carbocycles. The van der Waals surface area contributed by atoms with Crippen molar-refractivity contribution in [3.63, 3.8) is 0 Å². The second kappa shape index (κ2) is 5.47. The first-order valence-corrected chi connectivity index (χ1v) is 6.39. The van der Waals surface area contributed by atoms with Gasteiger partial charge in [0.15, 0.2) is 0 Å². The molecule has 1 aromatic rings. The molecule has 1 saturated heterocycles. The van der Waals surface area contributed by atoms with Crippen LogP contribution in [0.1, 0.15) is 19.4 Å². The molecule has 0 spiro atoms. The van der Waals surface area contributed by atoms with Gasteiger partial charge in [-0.25, -0.2) is 0 Å². The van der Waals surface area contributed by atoms with Crippen molar-refractivity contribution in [1.82, 2.24) is 14.8 Å². The van der Waals surface area contributed by atoms with Crippen molar-refractivity contribution in [2.45, 2.75) is 25.9 Å². The van der Waals surface area contributed by atoms with Crippen LogP contribution in [-0.2, 0) is 6.54 Å². The van der Waals surface area contributed by atoms with E-state index in [0.717, 1.165) is 32.7 Å². The van der Waals surface area contributed by atoms with Crippen molar-refractivity contribution in [3.05, 3.63) is 30.1 Å². The van der Waals surface area contributed by atoms with Crippen LogP contribution >= 0.6 is 0 Å². The first-order valence-electron chi connectivity index (χ1n) is 6.39. The van der Waals surface area contributed by atoms with Crippen LogP contribution in [0.5, 0.6) is 0 Å². The molecule has 1 aliphatic heterocycles. The fourth-order valence-electron chi connectivity index (χ4n) is 2.29. The fourth-order valence-corrected chi connectivity index (χ4v) is 2.29. The van der Waals surface area contributed by atoms with E-state index < -0.39 is 0 Å². The molecule has 4 heteroatoms. The summed E-state index contributed by atoms with van der Waals surface area (Å²) in [6.45, 7) is 8.88. The van der Waals surface area contributed by atoms with Crippen LogP contribution in [0, 0.1) is 11.3 Å². The monoisotopic (exact) mass is 244 g/mol. The Hall–Kier alpha value is -1.44. The van der Waals surface area contributed by atoms with Crippen molar-refractivity contribution >= 4 is 0 Å². The molecular weight excluding hydrogens is 224 g/mol. The normalized spacial score (nSPS) is 18.5. The van der Waals surface area contributed by atoms with Crippen molar-refractivity contribution in [3.8, 4) is 6.07 Å². The molecule has 1 aliphatic rings. The van der Waals surface area contributed by atoms with Gasteiger partial charge in [-0.3, -0.25) is 14.8 Å². The summed E-state index contributed by atoms with van der Waals surface area (Å²) in [5.41, 5.74) is 0.908. The van der Waals surface area contributed by atoms with Gasteiger partial charge in [-0.05, 0) is 25.5 Å². The van der Waals surface area contributed by atoms with E-state index in [1.165, 1.54) is 5.56 Å². The Balaban J connectivity index is 1.86. The highest BCUT2D eigenvalue weighted by Gasteiger charge is 2.29. The van der Waals surface area contributed by atoms with Crippen molar-refractivity contribution in [2.24, 2.45) is 0 Å². The second-order valence-corrected chi connectivity index (χ2v) is 5.30. The van der Waals surface area contributed by atoms with Crippen LogP contribution in [0.4, 0.5) is 0 Å². The highest BCUT2D eigenvalue weighted by Crippen LogP contribution is 2.16. The van der Waals surface area contributed by atoms with E-state index in [4.69, 9.17) is 5.26 Å². The van der Waals surface area contributed by atoms with E-state index in [1.807, 2.05) is 26.1 Å². The van der Waals surface area contributed by atoms with E-state index in [1.54, 1.807) is 6.20 Å². The quantitative estimate of drug-likeness (QED) is 0.808. The number of hydrogen-bond acceptors (Lipinski definition) is 4. The molecule has 0 amide bonds. The molecule has 1 aromatic heterocycles. The Morgan fingerprint density at radius 3 is 2.61 bits per heavy atom. The summed E-state index contributed by atoms with van der Waals surface area (Å²) >= 11 is 0. The summed E-state index contributed by atoms with van der Waals surface area (Å²) in [5.74, 6) is 0. The Labute approximate surface area is 109 Å². The lowest BCUT2D eigenvalue weighted by Gasteiger charge is -2.40. The van der Waals surface area contributed by atoms with Gasteiger partial charge in [0.2, 0.25) is 0 Å². The largest absolute Gasteiger partial charge is 0.296 e. The topological polar surface area (TPSA) is 43.2 Å². The van der Waals surface area contributed by atoms with Gasteiger partial charge in [0.1, 0.15) is 5.54 Å². The standard InChI is InChI=1S/C14H20N4/c1-14(2,12-15)18-8-6-17(7-9-18)11-13-4-3-5-16-10-13/h3-5,10H,6-9,11H2,1-2H3. The molecule has 96 valence electrons. The lowest BCUT2D eigenvalue weighted by Crippen LogP contribution is -2.53. The Bertz CT molecular complexity index is 413. The molecule has 2 heterocycles. The number of nitriles is 1. The van der Waals surface area contributed by atoms with E-state index >= 15 is 0 Å². The number of piperazine rings is 1. The minimum atomic E-state index is -0.347. The molecule has 4 nitrogen and oxygen atoms in total. The average Bonchev–Trinajstić information content (AvgIpc) is 2.40. The summed E-state index contributed by atoms with van der Waals surface area (Å²) in [6.07, 6.45) is 3.72. The van der Waals surface area contributed by atoms with Crippen LogP contribution in [0.2, 0.25) is 0 Å². The third kappa shape index (κ3) is 3.06. The van der Waals surface area contributed by atoms with Gasteiger partial charge >= 0.3 is 0 Å². The first-order chi connectivity index (χ1) is 8.62. The summed E-state index contributed by atoms with van der Waals surface area (Å²) in [4.78, 5) is 8.81. The highest BCUT2D eigenvalue weighted by atomic mass is 15.3. The maximum Gasteiger partial charge on any atom is 0.103 e. The minimum absolute atomic E-state index is 0.347. The molecule has 0 atom stereocenters. The van der Waals surface area contributed by atoms with Crippen LogP contribution in [0.25, 0.3) is 0 Å². The van der Waals surface area contributed by atoms with Crippen molar-refractivity contribution in [2.75, 3.05) is 26.2 Å². The fraction of sp³-hybridized carbons (Fsp3) is 0.571. The molecule has 0 saturated carbocycles. The van der Waals surface area contributed by atoms with Crippen molar-refractivity contribution < 1.29 is 0 Å². The molecular formula is C14H20N4. The van der Waals surface area contributed by atoms with Crippen LogP contribution in [0.3, 0.4) is 0 Å². The summed E-state index contributed by atoms with van der Waals surface area (Å²) < 4.78 is 0. The van der Waals surface area contributed by atoms with Gasteiger partial charge in [-0.15, -0.1) is 0 Å². The molecule has 0 N–H and O–H groups in total. The maximum atomic E-state index is 9.13. The van der Waals surface area contributed by atoms with Crippen LogP contribution in [0.15, 0.2) is 24.5 Å². The van der Waals surface area contributed by atoms with Gasteiger partial charge in [-0.2, -0.15) is 5.26 Å². The zero-order valence-electron chi connectivity index (χ0n) is 11.1. The molecule has 0 aliphatic carbocycles. The van der Waals surface area contributed by atoms with E-state index in [-0.39, 0.29) is 5.54 Å². The number of pyridine rings is 1. The van der Waals surface area contributed by atoms with Gasteiger partial charge in [-0.1, -0.05) is 6.07 Å². The SMILES string of the molecule is CC(C)(C#N)N1CCN(Cc2cccnc2)CC1. The summed E-state index contributed by atoms with van der Waals surface area (Å²) in [6, 6.07) is 6.46. The zero-order valence-corrected chi connectivity index (χ0v) is 11.1. The minimum Gasteiger partial charge on any atom is -0.296 e. The van der Waals surface area contributed by atoms with E-state index in [0.29, 0.717) is 0 Å². The first kappa shape index (κ1) is 13.0. The number of nitrogens with zero attached hydrogens (tertiary/aromatic N) is 4. The molecule has 1 fully saturated rings. The van der Waals surface area contributed by atoms with Crippen LogP contribution < -0.4 is 0 Å². The average molecular weight is 244 g/mol. The summed E-state index contributed by atoms with van der Waals surface area (Å²) in [5, 5.41) is 9.13. The van der Waals surface area contributed by atoms with Crippen molar-refractivity contribution in [1.29, 1.82) is 5.26 Å². The number of hydrogen-bond donors (Lipinski definition) is 0. The van der Waals surface area contributed by atoms with E-state index in [2.05, 4.69) is 26.9 Å². The maximum absolute atomic E-state index is 9.13. The molecule has 0 radical (unpaired) electrons. The Kier molecular flexibility index (Phi) is 3.95. The third-order valence-corrected chi connectivity index (χ3v) is 3.57. The third-order valence-electron chi connectivity index (χ3n) is 3.57. The molecule has 18 heavy (non-hydrogen) atoms. The lowest BCUT2D eigenvalue weighted by atomic mass is 10.0. The molecule has 0 bridgehead atoms. The van der Waals surface area contributed by atoms with Crippen LogP contribution in [-0.4, -0.2) is 46.5 Å². The lowest BCUT2D eigenvalue weighted by molar-refractivity contribution is 0.0763. The zero-order chi connectivity index (χ0) is 13.0. The Morgan fingerprint density at radius 2 is 2.06 bits per heavy atom. The van der Waals surface area contributed by atoms with Gasteiger partial charge in [0, 0.05) is 45.1 Å². The predicted molar refractivity (Wildman–Crippen MR) is 70.8 cm³/mol. The Morgan fingerprint density at radius 1 is 1.33 bits per heavy atom. The molecule has 2 rings (SSSR count). The van der Waals surface area contributed by atoms with Gasteiger partial charge in [0.25, 0.3) is 0 Å². The highest BCUT2D eigenvalue weighted by molar-refractivity contribution is 5.09. The number of rotatable bonds is 3. The molecule has 0 unspecified atom stereocenters. The number of aromatic nitrogens is 1. The van der Waals surface area contributed by atoms with E-state index in [9.17, 15) is 0 Å². The second-order valence-electron chi connectivity index (χ2n) is 5.30. The summed E-state index contributed by atoms with van der Waals surface area (Å²) in [7, 11) is 0. The van der Waals surface area contributed by atoms with Gasteiger partial charge in [0.05, 0.1) is 6.07 Å². The predicted octanol–water partition coefficient (Wildman–Crippen LogP) is 1.50.